The van der Waals surface area contributed by atoms with Crippen LogP contribution in [-0.2, 0) is 23.4 Å². The van der Waals surface area contributed by atoms with E-state index in [-0.39, 0.29) is 11.8 Å². The van der Waals surface area contributed by atoms with Crippen molar-refractivity contribution in [3.05, 3.63) is 112 Å². The summed E-state index contributed by atoms with van der Waals surface area (Å²) in [5.41, 5.74) is 4.46. The zero-order valence-electron chi connectivity index (χ0n) is 27.2. The molecule has 2 atom stereocenters. The Morgan fingerprint density at radius 2 is 1.90 bits per heavy atom. The van der Waals surface area contributed by atoms with Crippen LogP contribution in [0.25, 0.3) is 27.6 Å². The Morgan fingerprint density at radius 3 is 2.66 bits per heavy atom. The second-order valence-electron chi connectivity index (χ2n) is 13.4. The molecule has 2 aliphatic heterocycles. The van der Waals surface area contributed by atoms with Gasteiger partial charge in [0.1, 0.15) is 28.8 Å². The van der Waals surface area contributed by atoms with Gasteiger partial charge in [0.25, 0.3) is 0 Å². The number of anilines is 1. The fraction of sp³-hybridized carbons (Fsp3) is 0.289. The normalized spacial score (nSPS) is 21.5. The van der Waals surface area contributed by atoms with Crippen molar-refractivity contribution in [3.8, 4) is 6.07 Å². The smallest absolute Gasteiger partial charge is 0.309 e. The lowest BCUT2D eigenvalue weighted by atomic mass is 9.74. The van der Waals surface area contributed by atoms with E-state index < -0.39 is 17.7 Å². The Bertz CT molecular complexity index is 2250. The Morgan fingerprint density at radius 1 is 1.12 bits per heavy atom. The predicted octanol–water partition coefficient (Wildman–Crippen LogP) is 6.56. The average molecular weight is 690 g/mol. The van der Waals surface area contributed by atoms with Crippen LogP contribution < -0.4 is 5.32 Å². The van der Waals surface area contributed by atoms with Crippen LogP contribution in [0.4, 0.5) is 10.2 Å². The number of carboxylic acid groups (broad SMARTS) is 1. The fourth-order valence-electron chi connectivity index (χ4n) is 7.24. The predicted molar refractivity (Wildman–Crippen MR) is 188 cm³/mol. The molecule has 252 valence electrons. The van der Waals surface area contributed by atoms with E-state index in [0.29, 0.717) is 78.2 Å². The maximum atomic E-state index is 13.5. The SMILES string of the molecule is CC1C(c2ccccc2Cl)=CC=CC1(Nc1nccc2cc(CN3CC(F)C3)cnc12)c1nc2cc(CN3CC(C(=O)O)C3)cc(C#N)c2o1. The number of aromatic nitrogens is 3. The van der Waals surface area contributed by atoms with E-state index >= 15 is 0 Å². The molecule has 3 aromatic heterocycles. The highest BCUT2D eigenvalue weighted by atomic mass is 35.5. The number of pyridine rings is 2. The van der Waals surface area contributed by atoms with Crippen molar-refractivity contribution in [1.82, 2.24) is 24.8 Å². The Hall–Kier alpha value is -5.15. The van der Waals surface area contributed by atoms with E-state index in [1.165, 1.54) is 0 Å². The van der Waals surface area contributed by atoms with E-state index in [4.69, 9.17) is 31.0 Å². The number of nitriles is 1. The van der Waals surface area contributed by atoms with Crippen molar-refractivity contribution < 1.29 is 18.7 Å². The molecule has 3 aliphatic rings. The van der Waals surface area contributed by atoms with Gasteiger partial charge in [0.05, 0.1) is 11.5 Å². The fourth-order valence-corrected chi connectivity index (χ4v) is 7.49. The summed E-state index contributed by atoms with van der Waals surface area (Å²) in [7, 11) is 0. The summed E-state index contributed by atoms with van der Waals surface area (Å²) in [6.45, 7) is 4.95. The summed E-state index contributed by atoms with van der Waals surface area (Å²) in [6.07, 6.45) is 8.73. The van der Waals surface area contributed by atoms with Crippen molar-refractivity contribution >= 4 is 51.0 Å². The molecule has 0 amide bonds. The van der Waals surface area contributed by atoms with Crippen LogP contribution in [0.1, 0.15) is 35.1 Å². The quantitative estimate of drug-likeness (QED) is 0.175. The third kappa shape index (κ3) is 5.69. The van der Waals surface area contributed by atoms with Gasteiger partial charge in [-0.1, -0.05) is 48.9 Å². The number of carbonyl (C=O) groups is 1. The van der Waals surface area contributed by atoms with E-state index in [1.54, 1.807) is 18.5 Å². The van der Waals surface area contributed by atoms with Gasteiger partial charge >= 0.3 is 5.97 Å². The number of aliphatic carboxylic acids is 1. The molecule has 2 N–H and O–H groups in total. The van der Waals surface area contributed by atoms with Crippen LogP contribution in [0.5, 0.6) is 0 Å². The highest BCUT2D eigenvalue weighted by Crippen LogP contribution is 2.47. The van der Waals surface area contributed by atoms with Gasteiger partial charge in [0.2, 0.25) is 5.89 Å². The molecule has 2 saturated heterocycles. The van der Waals surface area contributed by atoms with Gasteiger partial charge in [-0.05, 0) is 58.7 Å². The molecule has 8 rings (SSSR count). The monoisotopic (exact) mass is 689 g/mol. The summed E-state index contributed by atoms with van der Waals surface area (Å²) in [5, 5.41) is 24.7. The van der Waals surface area contributed by atoms with E-state index in [2.05, 4.69) is 24.4 Å². The first kappa shape index (κ1) is 32.1. The van der Waals surface area contributed by atoms with Crippen molar-refractivity contribution in [2.45, 2.75) is 31.7 Å². The van der Waals surface area contributed by atoms with E-state index in [0.717, 1.165) is 27.6 Å². The number of allylic oxidation sites excluding steroid dienone is 2. The number of halogens is 2. The lowest BCUT2D eigenvalue weighted by molar-refractivity contribution is -0.147. The highest BCUT2D eigenvalue weighted by molar-refractivity contribution is 6.32. The van der Waals surface area contributed by atoms with Gasteiger partial charge in [-0.3, -0.25) is 19.6 Å². The molecular formula is C38H33ClFN7O3. The van der Waals surface area contributed by atoms with Crippen LogP contribution in [-0.4, -0.2) is 68.2 Å². The van der Waals surface area contributed by atoms with Crippen molar-refractivity contribution in [3.63, 3.8) is 0 Å². The lowest BCUT2D eigenvalue weighted by Crippen LogP contribution is -2.49. The number of nitrogens with one attached hydrogen (secondary N) is 1. The standard InChI is InChI=1S/C38H33ClFN7O3/c1-22-29(30-5-2-3-7-31(30)39)6-4-9-38(22,45-35-33-25(8-10-42-35)12-24(15-43-33)17-47-20-28(40)21-47)37-44-32-13-23(11-26(14-41)34(32)50-37)16-46-18-27(19-46)36(48)49/h2-13,15,22,27-28H,16-21H2,1H3,(H,42,45)(H,48,49). The molecule has 50 heavy (non-hydrogen) atoms. The number of fused-ring (bicyclic) bond motifs is 2. The second kappa shape index (κ2) is 12.6. The van der Waals surface area contributed by atoms with E-state index in [9.17, 15) is 19.6 Å². The van der Waals surface area contributed by atoms with Crippen LogP contribution in [0.15, 0.2) is 83.6 Å². The largest absolute Gasteiger partial charge is 0.481 e. The number of likely N-dealkylation sites (tertiary alicyclic amines) is 2. The Labute approximate surface area is 292 Å². The first-order chi connectivity index (χ1) is 24.2. The third-order valence-corrected chi connectivity index (χ3v) is 10.3. The number of alkyl halides is 1. The molecule has 0 bridgehead atoms. The number of carboxylic acids is 1. The van der Waals surface area contributed by atoms with Crippen molar-refractivity contribution in [2.24, 2.45) is 11.8 Å². The molecule has 0 saturated carbocycles. The molecule has 2 fully saturated rings. The molecule has 5 aromatic rings. The number of oxazole rings is 1. The summed E-state index contributed by atoms with van der Waals surface area (Å²) < 4.78 is 20.0. The van der Waals surface area contributed by atoms with Crippen LogP contribution >= 0.6 is 11.6 Å². The molecule has 0 spiro atoms. The number of benzene rings is 2. The van der Waals surface area contributed by atoms with Crippen LogP contribution in [0, 0.1) is 23.2 Å². The zero-order valence-corrected chi connectivity index (χ0v) is 27.9. The highest BCUT2D eigenvalue weighted by Gasteiger charge is 2.45. The lowest BCUT2D eigenvalue weighted by Gasteiger charge is -2.39. The minimum absolute atomic E-state index is 0.295. The summed E-state index contributed by atoms with van der Waals surface area (Å²) >= 11 is 6.74. The molecule has 10 nitrogen and oxygen atoms in total. The van der Waals surface area contributed by atoms with Gasteiger partial charge in [-0.2, -0.15) is 5.26 Å². The van der Waals surface area contributed by atoms with Gasteiger partial charge in [0.15, 0.2) is 11.4 Å². The molecule has 1 aliphatic carbocycles. The minimum atomic E-state index is -1.09. The molecule has 12 heteroatoms. The van der Waals surface area contributed by atoms with E-state index in [1.807, 2.05) is 64.4 Å². The Balaban J connectivity index is 1.20. The third-order valence-electron chi connectivity index (χ3n) is 10.0. The maximum absolute atomic E-state index is 13.5. The van der Waals surface area contributed by atoms with Crippen LogP contribution in [0.2, 0.25) is 5.02 Å². The Kier molecular flexibility index (Phi) is 8.10. The summed E-state index contributed by atoms with van der Waals surface area (Å²) in [4.78, 5) is 30.0. The average Bonchev–Trinajstić information content (AvgIpc) is 3.51. The van der Waals surface area contributed by atoms with Gasteiger partial charge in [0, 0.05) is 68.0 Å². The topological polar surface area (TPSA) is 131 Å². The van der Waals surface area contributed by atoms with Crippen molar-refractivity contribution in [1.29, 1.82) is 5.26 Å². The van der Waals surface area contributed by atoms with Crippen LogP contribution in [0.3, 0.4) is 0 Å². The summed E-state index contributed by atoms with van der Waals surface area (Å²) in [5.74, 6) is -0.616. The molecule has 2 aromatic carbocycles. The van der Waals surface area contributed by atoms with Crippen molar-refractivity contribution in [2.75, 3.05) is 31.5 Å². The summed E-state index contributed by atoms with van der Waals surface area (Å²) in [6, 6.07) is 17.6. The number of nitrogens with zero attached hydrogens (tertiary/aromatic N) is 6. The molecule has 0 radical (unpaired) electrons. The molecular weight excluding hydrogens is 657 g/mol. The first-order valence-corrected chi connectivity index (χ1v) is 16.9. The zero-order chi connectivity index (χ0) is 34.6. The minimum Gasteiger partial charge on any atom is -0.481 e. The maximum Gasteiger partial charge on any atom is 0.309 e. The van der Waals surface area contributed by atoms with Gasteiger partial charge in [-0.15, -0.1) is 0 Å². The first-order valence-electron chi connectivity index (χ1n) is 16.5. The van der Waals surface area contributed by atoms with Gasteiger partial charge < -0.3 is 14.8 Å². The molecule has 2 unspecified atom stereocenters. The van der Waals surface area contributed by atoms with Gasteiger partial charge in [-0.25, -0.2) is 14.4 Å². The number of hydrogen-bond acceptors (Lipinski definition) is 9. The number of hydrogen-bond donors (Lipinski definition) is 2. The molecule has 5 heterocycles. The second-order valence-corrected chi connectivity index (χ2v) is 13.8. The number of rotatable bonds is 9.